The summed E-state index contributed by atoms with van der Waals surface area (Å²) >= 11 is 32.8. The third-order valence-corrected chi connectivity index (χ3v) is 15.9. The molecule has 1 nitrogen and oxygen atoms in total. The van der Waals surface area contributed by atoms with Gasteiger partial charge in [-0.05, 0) is 152 Å². The smallest absolute Gasteiger partial charge is 0.197 e. The van der Waals surface area contributed by atoms with Gasteiger partial charge in [0.05, 0.1) is 11.1 Å². The summed E-state index contributed by atoms with van der Waals surface area (Å²) in [4.78, 5) is 15.9. The number of benzene rings is 2. The van der Waals surface area contributed by atoms with Gasteiger partial charge < -0.3 is 0 Å². The second-order valence-electron chi connectivity index (χ2n) is 5.95. The van der Waals surface area contributed by atoms with E-state index in [4.69, 9.17) is 0 Å². The van der Waals surface area contributed by atoms with Crippen LogP contribution in [0.2, 0.25) is 0 Å². The summed E-state index contributed by atoms with van der Waals surface area (Å²) in [5, 5.41) is 0. The molecule has 0 aliphatic rings. The van der Waals surface area contributed by atoms with Crippen molar-refractivity contribution in [1.82, 2.24) is 0 Å². The first-order chi connectivity index (χ1) is 14.1. The van der Waals surface area contributed by atoms with Gasteiger partial charge in [-0.1, -0.05) is 13.8 Å². The van der Waals surface area contributed by atoms with E-state index < -0.39 is 0 Å². The Balaban J connectivity index is 2.70. The van der Waals surface area contributed by atoms with Gasteiger partial charge in [-0.2, -0.15) is 0 Å². The van der Waals surface area contributed by atoms with Crippen molar-refractivity contribution in [1.29, 1.82) is 0 Å². The molecule has 0 spiro atoms. The van der Waals surface area contributed by atoms with E-state index in [1.807, 2.05) is 0 Å². The van der Waals surface area contributed by atoms with Crippen molar-refractivity contribution < 1.29 is 4.79 Å². The lowest BCUT2D eigenvalue weighted by molar-refractivity contribution is 0.103. The Morgan fingerprint density at radius 1 is 0.567 bits per heavy atom. The molecule has 0 fully saturated rings. The van der Waals surface area contributed by atoms with Crippen LogP contribution in [0, 0.1) is 0 Å². The van der Waals surface area contributed by atoms with E-state index in [0.717, 1.165) is 69.9 Å². The zero-order valence-corrected chi connectivity index (χ0v) is 29.9. The summed E-state index contributed by atoms with van der Waals surface area (Å²) in [5.41, 5.74) is 1.09. The molecule has 0 atom stereocenters. The van der Waals surface area contributed by atoms with Gasteiger partial charge in [0.1, 0.15) is 0 Å². The maximum absolute atomic E-state index is 13.8. The highest BCUT2D eigenvalue weighted by molar-refractivity contribution is 9.14. The van der Waals surface area contributed by atoms with E-state index in [9.17, 15) is 4.79 Å². The first-order valence-corrected chi connectivity index (χ1v) is 16.9. The van der Waals surface area contributed by atoms with Crippen LogP contribution in [-0.4, -0.2) is 17.3 Å². The molecule has 2 aromatic rings. The molecule has 0 heterocycles. The average Bonchev–Trinajstić information content (AvgIpc) is 2.71. The molecular formula is C19H14Br8OS2. The zero-order chi connectivity index (χ0) is 22.7. The van der Waals surface area contributed by atoms with Gasteiger partial charge in [-0.3, -0.25) is 4.79 Å². The van der Waals surface area contributed by atoms with Gasteiger partial charge >= 0.3 is 0 Å². The molecule has 0 radical (unpaired) electrons. The number of halogens is 8. The number of thioether (sulfide) groups is 2. The Labute approximate surface area is 252 Å². The SMILES string of the molecule is CCCSc1c(Br)c(Br)c(C(=O)c2c(Br)c(Br)c(SCCC)c(Br)c2Br)c(Br)c1Br. The predicted octanol–water partition coefficient (Wildman–Crippen LogP) is 12.0. The molecule has 164 valence electrons. The quantitative estimate of drug-likeness (QED) is 0.149. The van der Waals surface area contributed by atoms with Gasteiger partial charge in [0.25, 0.3) is 0 Å². The Hall–Kier alpha value is 2.65. The van der Waals surface area contributed by atoms with Crippen LogP contribution in [0.5, 0.6) is 0 Å². The molecule has 0 saturated carbocycles. The molecular weight excluding hydrogens is 948 g/mol. The minimum absolute atomic E-state index is 0.116. The second-order valence-corrected chi connectivity index (χ2v) is 14.5. The van der Waals surface area contributed by atoms with Crippen molar-refractivity contribution in [3.05, 3.63) is 46.9 Å². The number of ketones is 1. The van der Waals surface area contributed by atoms with E-state index in [1.165, 1.54) is 0 Å². The van der Waals surface area contributed by atoms with Crippen LogP contribution in [0.1, 0.15) is 42.6 Å². The van der Waals surface area contributed by atoms with Crippen molar-refractivity contribution in [2.24, 2.45) is 0 Å². The van der Waals surface area contributed by atoms with Crippen LogP contribution < -0.4 is 0 Å². The van der Waals surface area contributed by atoms with Crippen LogP contribution in [0.25, 0.3) is 0 Å². The topological polar surface area (TPSA) is 17.1 Å². The number of hydrogen-bond donors (Lipinski definition) is 0. The number of hydrogen-bond acceptors (Lipinski definition) is 3. The first kappa shape index (κ1) is 28.9. The van der Waals surface area contributed by atoms with Gasteiger partial charge in [-0.15, -0.1) is 23.5 Å². The van der Waals surface area contributed by atoms with E-state index in [1.54, 1.807) is 23.5 Å². The van der Waals surface area contributed by atoms with Crippen LogP contribution in [0.3, 0.4) is 0 Å². The van der Waals surface area contributed by atoms with E-state index >= 15 is 0 Å². The maximum atomic E-state index is 13.8. The highest BCUT2D eigenvalue weighted by Crippen LogP contribution is 2.50. The summed E-state index contributed by atoms with van der Waals surface area (Å²) in [5.74, 6) is 1.85. The molecule has 0 amide bonds. The number of carbonyl (C=O) groups excluding carboxylic acids is 1. The van der Waals surface area contributed by atoms with Crippen molar-refractivity contribution in [2.75, 3.05) is 11.5 Å². The second kappa shape index (κ2) is 13.1. The normalized spacial score (nSPS) is 11.3. The number of carbonyl (C=O) groups is 1. The highest BCUT2D eigenvalue weighted by Gasteiger charge is 2.30. The minimum Gasteiger partial charge on any atom is -0.288 e. The van der Waals surface area contributed by atoms with Crippen LogP contribution in [0.4, 0.5) is 0 Å². The van der Waals surface area contributed by atoms with Crippen molar-refractivity contribution in [2.45, 2.75) is 36.5 Å². The fraction of sp³-hybridized carbons (Fsp3) is 0.316. The fourth-order valence-electron chi connectivity index (χ4n) is 2.41. The first-order valence-electron chi connectivity index (χ1n) is 8.62. The molecule has 2 aromatic carbocycles. The lowest BCUT2D eigenvalue weighted by atomic mass is 10.0. The summed E-state index contributed by atoms with van der Waals surface area (Å²) < 4.78 is 6.32. The molecule has 2 rings (SSSR count). The van der Waals surface area contributed by atoms with E-state index in [-0.39, 0.29) is 5.78 Å². The highest BCUT2D eigenvalue weighted by atomic mass is 79.9. The summed E-state index contributed by atoms with van der Waals surface area (Å²) in [6, 6.07) is 0. The van der Waals surface area contributed by atoms with Crippen molar-refractivity contribution in [3.63, 3.8) is 0 Å². The lowest BCUT2D eigenvalue weighted by Gasteiger charge is -2.19. The fourth-order valence-corrected chi connectivity index (χ4v) is 11.0. The van der Waals surface area contributed by atoms with E-state index in [2.05, 4.69) is 141 Å². The lowest BCUT2D eigenvalue weighted by Crippen LogP contribution is -2.09. The monoisotopic (exact) mass is 953 g/mol. The number of rotatable bonds is 8. The molecule has 0 aliphatic carbocycles. The largest absolute Gasteiger partial charge is 0.288 e. The van der Waals surface area contributed by atoms with Crippen LogP contribution in [0.15, 0.2) is 45.6 Å². The Morgan fingerprint density at radius 2 is 0.833 bits per heavy atom. The van der Waals surface area contributed by atoms with E-state index in [0.29, 0.717) is 11.1 Å². The van der Waals surface area contributed by atoms with Gasteiger partial charge in [0.2, 0.25) is 0 Å². The molecule has 0 bridgehead atoms. The average molecular weight is 962 g/mol. The Morgan fingerprint density at radius 3 is 1.07 bits per heavy atom. The third-order valence-electron chi connectivity index (χ3n) is 3.80. The predicted molar refractivity (Wildman–Crippen MR) is 160 cm³/mol. The van der Waals surface area contributed by atoms with Gasteiger partial charge in [0, 0.05) is 45.6 Å². The summed E-state index contributed by atoms with van der Waals surface area (Å²) in [6.07, 6.45) is 2.12. The third kappa shape index (κ3) is 6.07. The van der Waals surface area contributed by atoms with Gasteiger partial charge in [-0.25, -0.2) is 0 Å². The molecule has 0 unspecified atom stereocenters. The maximum Gasteiger partial charge on any atom is 0.197 e. The molecule has 0 aromatic heterocycles. The van der Waals surface area contributed by atoms with Crippen LogP contribution >= 0.6 is 151 Å². The molecule has 0 saturated heterocycles. The molecule has 0 aliphatic heterocycles. The zero-order valence-electron chi connectivity index (χ0n) is 15.6. The summed E-state index contributed by atoms with van der Waals surface area (Å²) in [7, 11) is 0. The standard InChI is InChI=1S/C19H14Br8OS2/c1-3-5-29-18-13(24)9(20)7(10(21)14(18)25)17(28)8-11(22)15(26)19(30-6-4-2)16(27)12(8)23/h3-6H2,1-2H3. The van der Waals surface area contributed by atoms with Crippen LogP contribution in [-0.2, 0) is 0 Å². The molecule has 0 N–H and O–H groups in total. The Bertz CT molecular complexity index is 858. The van der Waals surface area contributed by atoms with Gasteiger partial charge in [0.15, 0.2) is 5.78 Å². The van der Waals surface area contributed by atoms with Crippen molar-refractivity contribution in [3.8, 4) is 0 Å². The minimum atomic E-state index is -0.116. The summed E-state index contributed by atoms with van der Waals surface area (Å²) in [6.45, 7) is 4.29. The Kier molecular flexibility index (Phi) is 12.6. The molecule has 11 heteroatoms. The van der Waals surface area contributed by atoms with Crippen molar-refractivity contribution >= 4 is 157 Å². The molecule has 30 heavy (non-hydrogen) atoms.